The molecule has 250 valence electrons. The molecule has 0 amide bonds. The molecule has 2 heterocycles. The Bertz CT molecular complexity index is 3040. The van der Waals surface area contributed by atoms with Gasteiger partial charge in [-0.25, -0.2) is 15.0 Å². The summed E-state index contributed by atoms with van der Waals surface area (Å²) >= 11 is 1.93. The molecular formula is C50H29N3S. The molecule has 4 heteroatoms. The summed E-state index contributed by atoms with van der Waals surface area (Å²) in [6.07, 6.45) is 0. The quantitative estimate of drug-likeness (QED) is 0.184. The van der Waals surface area contributed by atoms with E-state index in [1.807, 2.05) is 11.3 Å². The molecule has 12 rings (SSSR count). The molecule has 0 unspecified atom stereocenters. The summed E-state index contributed by atoms with van der Waals surface area (Å²) in [5.41, 5.74) is 11.7. The van der Waals surface area contributed by atoms with Crippen molar-refractivity contribution >= 4 is 43.0 Å². The first kappa shape index (κ1) is 29.8. The highest BCUT2D eigenvalue weighted by Gasteiger charge is 2.53. The fourth-order valence-corrected chi connectivity index (χ4v) is 10.7. The molecule has 0 bridgehead atoms. The predicted molar refractivity (Wildman–Crippen MR) is 223 cm³/mol. The molecule has 2 aromatic heterocycles. The molecule has 0 fully saturated rings. The summed E-state index contributed by atoms with van der Waals surface area (Å²) in [5, 5.41) is 5.83. The van der Waals surface area contributed by atoms with Gasteiger partial charge in [-0.3, -0.25) is 0 Å². The summed E-state index contributed by atoms with van der Waals surface area (Å²) in [6, 6.07) is 63.4. The minimum absolute atomic E-state index is 0.401. The van der Waals surface area contributed by atoms with Crippen molar-refractivity contribution in [2.75, 3.05) is 0 Å². The van der Waals surface area contributed by atoms with E-state index in [1.165, 1.54) is 53.9 Å². The number of thiophene rings is 1. The van der Waals surface area contributed by atoms with Gasteiger partial charge in [0.05, 0.1) is 5.41 Å². The normalized spacial score (nSPS) is 13.3. The minimum Gasteiger partial charge on any atom is -0.208 e. The fourth-order valence-electron chi connectivity index (χ4n) is 9.27. The average Bonchev–Trinajstić information content (AvgIpc) is 3.87. The van der Waals surface area contributed by atoms with Gasteiger partial charge in [0.25, 0.3) is 0 Å². The summed E-state index contributed by atoms with van der Waals surface area (Å²) < 4.78 is 1.30. The molecular weight excluding hydrogens is 675 g/mol. The number of aromatic nitrogens is 3. The van der Waals surface area contributed by atoms with Crippen molar-refractivity contribution in [3.63, 3.8) is 0 Å². The Balaban J connectivity index is 1.15. The van der Waals surface area contributed by atoms with Crippen molar-refractivity contribution in [2.45, 2.75) is 5.41 Å². The molecule has 10 aromatic rings. The van der Waals surface area contributed by atoms with Gasteiger partial charge in [0, 0.05) is 37.2 Å². The lowest BCUT2D eigenvalue weighted by Crippen LogP contribution is -2.24. The average molecular weight is 704 g/mol. The van der Waals surface area contributed by atoms with Crippen LogP contribution in [0, 0.1) is 0 Å². The van der Waals surface area contributed by atoms with Crippen LogP contribution in [-0.4, -0.2) is 15.0 Å². The molecule has 0 saturated heterocycles. The van der Waals surface area contributed by atoms with Crippen LogP contribution in [-0.2, 0) is 5.41 Å². The fraction of sp³-hybridized carbons (Fsp3) is 0.0200. The third-order valence-corrected chi connectivity index (χ3v) is 12.8. The van der Waals surface area contributed by atoms with Gasteiger partial charge in [-0.1, -0.05) is 164 Å². The largest absolute Gasteiger partial charge is 0.208 e. The predicted octanol–water partition coefficient (Wildman–Crippen LogP) is 12.7. The molecule has 3 nitrogen and oxygen atoms in total. The Hall–Kier alpha value is -6.75. The third-order valence-electron chi connectivity index (χ3n) is 11.5. The van der Waals surface area contributed by atoms with E-state index in [-0.39, 0.29) is 0 Å². The Morgan fingerprint density at radius 3 is 1.50 bits per heavy atom. The number of hydrogen-bond donors (Lipinski definition) is 0. The number of hydrogen-bond acceptors (Lipinski definition) is 4. The maximum atomic E-state index is 5.30. The molecule has 8 aromatic carbocycles. The lowest BCUT2D eigenvalue weighted by atomic mass is 9.74. The summed E-state index contributed by atoms with van der Waals surface area (Å²) in [7, 11) is 0. The maximum Gasteiger partial charge on any atom is 0.164 e. The van der Waals surface area contributed by atoms with Gasteiger partial charge in [0.1, 0.15) is 0 Å². The van der Waals surface area contributed by atoms with Crippen LogP contribution in [0.3, 0.4) is 0 Å². The van der Waals surface area contributed by atoms with Crippen molar-refractivity contribution in [3.8, 4) is 56.4 Å². The van der Waals surface area contributed by atoms with Crippen molar-refractivity contribution < 1.29 is 0 Å². The van der Waals surface area contributed by atoms with E-state index in [1.54, 1.807) is 0 Å². The number of nitrogens with zero attached hydrogens (tertiary/aromatic N) is 3. The van der Waals surface area contributed by atoms with E-state index in [2.05, 4.69) is 176 Å². The first-order chi connectivity index (χ1) is 26.8. The Morgan fingerprint density at radius 1 is 0.370 bits per heavy atom. The van der Waals surface area contributed by atoms with Crippen LogP contribution in [0.4, 0.5) is 0 Å². The van der Waals surface area contributed by atoms with Gasteiger partial charge in [0.2, 0.25) is 0 Å². The highest BCUT2D eigenvalue weighted by molar-refractivity contribution is 7.20. The minimum atomic E-state index is -0.401. The molecule has 1 spiro atoms. The maximum absolute atomic E-state index is 5.30. The zero-order valence-electron chi connectivity index (χ0n) is 29.0. The van der Waals surface area contributed by atoms with Gasteiger partial charge in [-0.2, -0.15) is 0 Å². The van der Waals surface area contributed by atoms with Crippen LogP contribution in [0.15, 0.2) is 176 Å². The molecule has 0 saturated carbocycles. The Labute approximate surface area is 315 Å². The summed E-state index contributed by atoms with van der Waals surface area (Å²) in [4.78, 5) is 17.2. The third kappa shape index (κ3) is 3.98. The van der Waals surface area contributed by atoms with Crippen molar-refractivity contribution in [1.82, 2.24) is 15.0 Å². The molecule has 0 N–H and O–H groups in total. The molecule has 2 aliphatic rings. The Morgan fingerprint density at radius 2 is 0.852 bits per heavy atom. The summed E-state index contributed by atoms with van der Waals surface area (Å²) in [6.45, 7) is 0. The van der Waals surface area contributed by atoms with Gasteiger partial charge >= 0.3 is 0 Å². The molecule has 0 aliphatic heterocycles. The van der Waals surface area contributed by atoms with Gasteiger partial charge in [-0.05, 0) is 67.1 Å². The Kier molecular flexibility index (Phi) is 6.14. The van der Waals surface area contributed by atoms with E-state index in [0.717, 1.165) is 38.2 Å². The second-order valence-corrected chi connectivity index (χ2v) is 15.3. The highest BCUT2D eigenvalue weighted by atomic mass is 32.1. The van der Waals surface area contributed by atoms with E-state index in [9.17, 15) is 0 Å². The first-order valence-corrected chi connectivity index (χ1v) is 19.2. The molecule has 0 atom stereocenters. The van der Waals surface area contributed by atoms with Crippen molar-refractivity contribution in [3.05, 3.63) is 197 Å². The van der Waals surface area contributed by atoms with Crippen molar-refractivity contribution in [1.29, 1.82) is 0 Å². The van der Waals surface area contributed by atoms with E-state index >= 15 is 0 Å². The second-order valence-electron chi connectivity index (χ2n) is 14.3. The number of fused-ring (bicyclic) bond motifs is 14. The van der Waals surface area contributed by atoms with Gasteiger partial charge < -0.3 is 0 Å². The number of rotatable bonds is 3. The molecule has 0 radical (unpaired) electrons. The second kappa shape index (κ2) is 11.1. The molecule has 54 heavy (non-hydrogen) atoms. The topological polar surface area (TPSA) is 38.7 Å². The highest BCUT2D eigenvalue weighted by Crippen LogP contribution is 2.66. The molecule has 2 aliphatic carbocycles. The van der Waals surface area contributed by atoms with Crippen LogP contribution in [0.1, 0.15) is 21.6 Å². The zero-order chi connectivity index (χ0) is 35.4. The van der Waals surface area contributed by atoms with Crippen LogP contribution in [0.2, 0.25) is 0 Å². The van der Waals surface area contributed by atoms with Gasteiger partial charge in [0.15, 0.2) is 17.5 Å². The first-order valence-electron chi connectivity index (χ1n) is 18.4. The zero-order valence-corrected chi connectivity index (χ0v) is 29.8. The van der Waals surface area contributed by atoms with E-state index in [4.69, 9.17) is 15.0 Å². The standard InChI is InChI=1S/C50H29N3S/c1-3-17-33-30(13-1)15-11-22-37(33)48-51-47(52-49(53-48)38-23-12-16-31-14-2-4-18-34(31)38)32-27-28-43-40(29-32)45-39-21-7-10-26-44(39)54-46(45)50(43)41-24-8-5-19-35(41)36-20-6-9-25-42(36)50/h1-29H. The van der Waals surface area contributed by atoms with Crippen LogP contribution >= 0.6 is 11.3 Å². The van der Waals surface area contributed by atoms with Gasteiger partial charge in [-0.15, -0.1) is 11.3 Å². The lowest BCUT2D eigenvalue weighted by molar-refractivity contribution is 0.811. The monoisotopic (exact) mass is 703 g/mol. The SMILES string of the molecule is c1ccc2c(c1)-c1ccccc1C21c2ccc(-c3nc(-c4cccc5ccccc45)nc(-c4cccc5ccccc45)n3)cc2-c2c1sc1ccccc21. The van der Waals surface area contributed by atoms with Crippen LogP contribution < -0.4 is 0 Å². The smallest absolute Gasteiger partial charge is 0.164 e. The van der Waals surface area contributed by atoms with Crippen molar-refractivity contribution in [2.24, 2.45) is 0 Å². The van der Waals surface area contributed by atoms with Crippen LogP contribution in [0.25, 0.3) is 88.0 Å². The summed E-state index contributed by atoms with van der Waals surface area (Å²) in [5.74, 6) is 1.99. The lowest BCUT2D eigenvalue weighted by Gasteiger charge is -2.29. The van der Waals surface area contributed by atoms with E-state index < -0.39 is 5.41 Å². The number of benzene rings is 8. The van der Waals surface area contributed by atoms with Crippen LogP contribution in [0.5, 0.6) is 0 Å². The van der Waals surface area contributed by atoms with E-state index in [0.29, 0.717) is 17.5 Å².